The third kappa shape index (κ3) is 3.20. The van der Waals surface area contributed by atoms with Gasteiger partial charge in [0, 0.05) is 13.2 Å². The molecule has 0 aliphatic heterocycles. The van der Waals surface area contributed by atoms with Gasteiger partial charge in [0.05, 0.1) is 6.10 Å². The summed E-state index contributed by atoms with van der Waals surface area (Å²) in [5, 5.41) is 7.24. The molecule has 0 aromatic heterocycles. The van der Waals surface area contributed by atoms with E-state index in [9.17, 15) is 22.0 Å². The Morgan fingerprint density at radius 2 is 2.00 bits per heavy atom. The topological polar surface area (TPSA) is 98.5 Å². The average molecular weight is 320 g/mol. The fourth-order valence-corrected chi connectivity index (χ4v) is 2.70. The molecule has 0 atom stereocenters. The summed E-state index contributed by atoms with van der Waals surface area (Å²) < 4.78 is 55.0. The van der Waals surface area contributed by atoms with E-state index < -0.39 is 38.0 Å². The molecule has 2 rings (SSSR count). The number of sulfonamides is 1. The normalized spacial score (nSPS) is 21.7. The molecule has 1 aliphatic rings. The minimum Gasteiger partial charge on any atom is -0.381 e. The summed E-state index contributed by atoms with van der Waals surface area (Å²) in [5.41, 5.74) is -0.956. The van der Waals surface area contributed by atoms with E-state index in [2.05, 4.69) is 5.32 Å². The molecule has 1 amide bonds. The van der Waals surface area contributed by atoms with Crippen molar-refractivity contribution >= 4 is 15.9 Å². The number of rotatable bonds is 4. The van der Waals surface area contributed by atoms with Crippen LogP contribution in [-0.2, 0) is 14.8 Å². The van der Waals surface area contributed by atoms with Gasteiger partial charge in [-0.05, 0) is 25.0 Å². The highest BCUT2D eigenvalue weighted by Gasteiger charge is 2.32. The number of nitrogens with one attached hydrogen (secondary N) is 1. The molecule has 6 nitrogen and oxygen atoms in total. The first-order valence-corrected chi connectivity index (χ1v) is 7.63. The molecular weight excluding hydrogens is 306 g/mol. The highest BCUT2D eigenvalue weighted by molar-refractivity contribution is 7.89. The molecule has 0 radical (unpaired) electrons. The maximum atomic E-state index is 14.0. The van der Waals surface area contributed by atoms with Gasteiger partial charge >= 0.3 is 0 Å². The quantitative estimate of drug-likeness (QED) is 0.845. The Hall–Kier alpha value is -1.58. The summed E-state index contributed by atoms with van der Waals surface area (Å²) in [6.07, 6.45) is 1.06. The third-order valence-corrected chi connectivity index (χ3v) is 4.28. The van der Waals surface area contributed by atoms with Crippen molar-refractivity contribution in [1.82, 2.24) is 5.32 Å². The predicted octanol–water partition coefficient (Wildman–Crippen LogP) is 0.519. The molecule has 1 saturated carbocycles. The molecule has 0 bridgehead atoms. The van der Waals surface area contributed by atoms with Gasteiger partial charge in [-0.2, -0.15) is 0 Å². The predicted molar refractivity (Wildman–Crippen MR) is 69.0 cm³/mol. The number of nitrogens with two attached hydrogens (primary N) is 1. The number of methoxy groups -OCH3 is 1. The second-order valence-corrected chi connectivity index (χ2v) is 6.31. The Balaban J connectivity index is 2.25. The SMILES string of the molecule is COC1CC(NC(=O)c2c(F)ccc(S(N)(=O)=O)c2F)C1. The van der Waals surface area contributed by atoms with Crippen LogP contribution in [0.25, 0.3) is 0 Å². The fourth-order valence-electron chi connectivity index (χ4n) is 2.09. The number of benzene rings is 1. The number of carbonyl (C=O) groups is 1. The second kappa shape index (κ2) is 5.66. The van der Waals surface area contributed by atoms with Gasteiger partial charge in [0.2, 0.25) is 10.0 Å². The zero-order chi connectivity index (χ0) is 15.8. The lowest BCUT2D eigenvalue weighted by molar-refractivity contribution is 0.0175. The minimum atomic E-state index is -4.38. The van der Waals surface area contributed by atoms with E-state index in [1.54, 1.807) is 0 Å². The van der Waals surface area contributed by atoms with E-state index in [-0.39, 0.29) is 12.1 Å². The molecule has 116 valence electrons. The molecule has 0 spiro atoms. The highest BCUT2D eigenvalue weighted by Crippen LogP contribution is 2.24. The van der Waals surface area contributed by atoms with E-state index in [0.29, 0.717) is 25.0 Å². The lowest BCUT2D eigenvalue weighted by Gasteiger charge is -2.34. The molecule has 9 heteroatoms. The van der Waals surface area contributed by atoms with E-state index in [4.69, 9.17) is 9.88 Å². The van der Waals surface area contributed by atoms with Crippen molar-refractivity contribution in [3.8, 4) is 0 Å². The zero-order valence-corrected chi connectivity index (χ0v) is 11.9. The summed E-state index contributed by atoms with van der Waals surface area (Å²) in [7, 11) is -2.86. The first kappa shape index (κ1) is 15.8. The van der Waals surface area contributed by atoms with Crippen LogP contribution in [0.2, 0.25) is 0 Å². The van der Waals surface area contributed by atoms with Crippen LogP contribution in [0.5, 0.6) is 0 Å². The lowest BCUT2D eigenvalue weighted by Crippen LogP contribution is -2.47. The van der Waals surface area contributed by atoms with E-state index >= 15 is 0 Å². The highest BCUT2D eigenvalue weighted by atomic mass is 32.2. The van der Waals surface area contributed by atoms with Gasteiger partial charge in [-0.1, -0.05) is 0 Å². The van der Waals surface area contributed by atoms with Gasteiger partial charge in [-0.3, -0.25) is 4.79 Å². The first-order chi connectivity index (χ1) is 9.74. The fraction of sp³-hybridized carbons (Fsp3) is 0.417. The van der Waals surface area contributed by atoms with Crippen LogP contribution in [0.15, 0.2) is 17.0 Å². The first-order valence-electron chi connectivity index (χ1n) is 6.08. The van der Waals surface area contributed by atoms with Crippen molar-refractivity contribution in [3.05, 3.63) is 29.3 Å². The summed E-state index contributed by atoms with van der Waals surface area (Å²) in [6.45, 7) is 0. The Labute approximate surface area is 120 Å². The molecule has 0 heterocycles. The zero-order valence-electron chi connectivity index (χ0n) is 11.1. The number of hydrogen-bond donors (Lipinski definition) is 2. The van der Waals surface area contributed by atoms with Crippen LogP contribution in [0, 0.1) is 11.6 Å². The summed E-state index contributed by atoms with van der Waals surface area (Å²) >= 11 is 0. The number of carbonyl (C=O) groups excluding carboxylic acids is 1. The van der Waals surface area contributed by atoms with Crippen LogP contribution in [0.4, 0.5) is 8.78 Å². The maximum absolute atomic E-state index is 14.0. The largest absolute Gasteiger partial charge is 0.381 e. The molecule has 0 saturated heterocycles. The van der Waals surface area contributed by atoms with Gasteiger partial charge in [-0.25, -0.2) is 22.3 Å². The number of halogens is 2. The van der Waals surface area contributed by atoms with Crippen molar-refractivity contribution in [2.24, 2.45) is 5.14 Å². The van der Waals surface area contributed by atoms with Crippen LogP contribution >= 0.6 is 0 Å². The van der Waals surface area contributed by atoms with Crippen LogP contribution < -0.4 is 10.5 Å². The van der Waals surface area contributed by atoms with Crippen molar-refractivity contribution in [3.63, 3.8) is 0 Å². The van der Waals surface area contributed by atoms with E-state index in [1.807, 2.05) is 0 Å². The monoisotopic (exact) mass is 320 g/mol. The average Bonchev–Trinajstić information content (AvgIpc) is 2.31. The van der Waals surface area contributed by atoms with E-state index in [0.717, 1.165) is 0 Å². The Bertz CT molecular complexity index is 672. The van der Waals surface area contributed by atoms with Gasteiger partial charge < -0.3 is 10.1 Å². The van der Waals surface area contributed by atoms with Gasteiger partial charge in [0.1, 0.15) is 16.3 Å². The standard InChI is InChI=1S/C12H14F2N2O4S/c1-20-7-4-6(5-7)16-12(17)10-8(13)2-3-9(11(10)14)21(15,18)19/h2-3,6-7H,4-5H2,1H3,(H,16,17)(H2,15,18,19). The number of primary sulfonamides is 1. The number of amides is 1. The Morgan fingerprint density at radius 3 is 2.52 bits per heavy atom. The molecule has 0 unspecified atom stereocenters. The maximum Gasteiger partial charge on any atom is 0.257 e. The van der Waals surface area contributed by atoms with Gasteiger partial charge in [-0.15, -0.1) is 0 Å². The third-order valence-electron chi connectivity index (χ3n) is 3.35. The molecule has 1 aromatic carbocycles. The van der Waals surface area contributed by atoms with Crippen molar-refractivity contribution in [2.45, 2.75) is 29.9 Å². The van der Waals surface area contributed by atoms with Crippen LogP contribution in [0.3, 0.4) is 0 Å². The summed E-state index contributed by atoms with van der Waals surface area (Å²) in [6, 6.07) is 1.11. The van der Waals surface area contributed by atoms with Gasteiger partial charge in [0.15, 0.2) is 5.82 Å². The Morgan fingerprint density at radius 1 is 1.38 bits per heavy atom. The second-order valence-electron chi connectivity index (χ2n) is 4.78. The summed E-state index contributed by atoms with van der Waals surface area (Å²) in [5.74, 6) is -3.66. The van der Waals surface area contributed by atoms with Crippen molar-refractivity contribution < 1.29 is 26.7 Å². The minimum absolute atomic E-state index is 0.000692. The Kier molecular flexibility index (Phi) is 4.26. The summed E-state index contributed by atoms with van der Waals surface area (Å²) in [4.78, 5) is 11.0. The molecule has 1 aliphatic carbocycles. The smallest absolute Gasteiger partial charge is 0.257 e. The van der Waals surface area contributed by atoms with Gasteiger partial charge in [0.25, 0.3) is 5.91 Å². The number of ether oxygens (including phenoxy) is 1. The lowest BCUT2D eigenvalue weighted by atomic mass is 9.89. The van der Waals surface area contributed by atoms with Crippen LogP contribution in [0.1, 0.15) is 23.2 Å². The van der Waals surface area contributed by atoms with Crippen LogP contribution in [-0.4, -0.2) is 33.6 Å². The van der Waals surface area contributed by atoms with E-state index in [1.165, 1.54) is 7.11 Å². The number of hydrogen-bond acceptors (Lipinski definition) is 4. The molecule has 1 aromatic rings. The van der Waals surface area contributed by atoms with Crippen molar-refractivity contribution in [2.75, 3.05) is 7.11 Å². The molecule has 3 N–H and O–H groups in total. The molecule has 21 heavy (non-hydrogen) atoms. The molecule has 1 fully saturated rings. The van der Waals surface area contributed by atoms with Crippen molar-refractivity contribution in [1.29, 1.82) is 0 Å². The molecular formula is C12H14F2N2O4S.